The number of nitrogens with zero attached hydrogens (tertiary/aromatic N) is 3. The monoisotopic (exact) mass is 235 g/mol. The average molecular weight is 235 g/mol. The first-order valence-electron chi connectivity index (χ1n) is 5.73. The summed E-state index contributed by atoms with van der Waals surface area (Å²) in [5, 5.41) is 9.17. The minimum absolute atomic E-state index is 0.474. The molecule has 1 aliphatic carbocycles. The summed E-state index contributed by atoms with van der Waals surface area (Å²) in [6.07, 6.45) is 4.04. The summed E-state index contributed by atoms with van der Waals surface area (Å²) < 4.78 is 0. The maximum absolute atomic E-state index is 11.2. The smallest absolute Gasteiger partial charge is 0.329 e. The molecule has 1 saturated carbocycles. The third-order valence-corrected chi connectivity index (χ3v) is 3.32. The summed E-state index contributed by atoms with van der Waals surface area (Å²) in [5.41, 5.74) is 0.00497. The number of carboxylic acids is 1. The molecule has 0 aliphatic heterocycles. The number of hydrogen-bond donors (Lipinski definition) is 1. The van der Waals surface area contributed by atoms with Crippen molar-refractivity contribution in [1.82, 2.24) is 9.97 Å². The van der Waals surface area contributed by atoms with Gasteiger partial charge < -0.3 is 10.0 Å². The number of rotatable bonds is 4. The number of hydrogen-bond acceptors (Lipinski definition) is 4. The Balaban J connectivity index is 2.27. The van der Waals surface area contributed by atoms with Crippen molar-refractivity contribution in [3.05, 3.63) is 18.0 Å². The molecule has 0 atom stereocenters. The topological polar surface area (TPSA) is 66.3 Å². The van der Waals surface area contributed by atoms with Crippen molar-refractivity contribution in [2.75, 3.05) is 11.9 Å². The van der Waals surface area contributed by atoms with Crippen molar-refractivity contribution >= 4 is 11.9 Å². The molecule has 0 spiro atoms. The Hall–Kier alpha value is -1.65. The number of carbonyl (C=O) groups is 1. The van der Waals surface area contributed by atoms with Gasteiger partial charge in [0.2, 0.25) is 5.95 Å². The number of carboxylic acid groups (broad SMARTS) is 1. The van der Waals surface area contributed by atoms with Crippen LogP contribution in [0.1, 0.15) is 38.3 Å². The zero-order chi connectivity index (χ0) is 12.6. The van der Waals surface area contributed by atoms with E-state index in [1.807, 2.05) is 6.07 Å². The van der Waals surface area contributed by atoms with Crippen LogP contribution in [0.4, 0.5) is 5.95 Å². The normalized spacial score (nSPS) is 15.7. The Morgan fingerprint density at radius 3 is 2.71 bits per heavy atom. The van der Waals surface area contributed by atoms with E-state index >= 15 is 0 Å². The first kappa shape index (κ1) is 11.8. The molecule has 1 aromatic rings. The molecule has 0 radical (unpaired) electrons. The van der Waals surface area contributed by atoms with Gasteiger partial charge in [-0.3, -0.25) is 0 Å². The molecule has 1 fully saturated rings. The summed E-state index contributed by atoms with van der Waals surface area (Å²) in [6, 6.07) is 1.91. The van der Waals surface area contributed by atoms with Gasteiger partial charge in [-0.1, -0.05) is 0 Å². The first-order valence-corrected chi connectivity index (χ1v) is 5.73. The van der Waals surface area contributed by atoms with Crippen LogP contribution in [0.3, 0.4) is 0 Å². The molecule has 1 aromatic heterocycles. The highest BCUT2D eigenvalue weighted by atomic mass is 16.4. The zero-order valence-corrected chi connectivity index (χ0v) is 10.3. The number of anilines is 1. The van der Waals surface area contributed by atoms with Gasteiger partial charge in [0.05, 0.1) is 0 Å². The van der Waals surface area contributed by atoms with Crippen molar-refractivity contribution in [3.8, 4) is 0 Å². The van der Waals surface area contributed by atoms with Gasteiger partial charge in [-0.15, -0.1) is 0 Å². The summed E-state index contributed by atoms with van der Waals surface area (Å²) in [5.74, 6) is 0.125. The van der Waals surface area contributed by atoms with Crippen molar-refractivity contribution in [1.29, 1.82) is 0 Å². The number of aliphatic carboxylic acids is 1. The highest BCUT2D eigenvalue weighted by Gasteiger charge is 2.34. The fraction of sp³-hybridized carbons (Fsp3) is 0.583. The van der Waals surface area contributed by atoms with Gasteiger partial charge in [0.25, 0.3) is 0 Å². The van der Waals surface area contributed by atoms with E-state index in [0.29, 0.717) is 11.9 Å². The van der Waals surface area contributed by atoms with Gasteiger partial charge in [0.1, 0.15) is 5.54 Å². The molecular formula is C12H17N3O2. The second-order valence-electron chi connectivity index (χ2n) is 4.98. The summed E-state index contributed by atoms with van der Waals surface area (Å²) in [6.45, 7) is 3.28. The standard InChI is InChI=1S/C12H17N3O2/c1-12(2,10(16)17)15(3)11-13-7-6-9(14-11)8-4-5-8/h6-8H,4-5H2,1-3H3,(H,16,17). The Bertz CT molecular complexity index is 441. The first-order chi connectivity index (χ1) is 7.93. The van der Waals surface area contributed by atoms with Gasteiger partial charge >= 0.3 is 5.97 Å². The van der Waals surface area contributed by atoms with Crippen LogP contribution in [0, 0.1) is 0 Å². The molecule has 0 bridgehead atoms. The van der Waals surface area contributed by atoms with Crippen LogP contribution in [-0.4, -0.2) is 33.6 Å². The van der Waals surface area contributed by atoms with E-state index in [1.165, 1.54) is 12.8 Å². The number of likely N-dealkylation sites (N-methyl/N-ethyl adjacent to an activating group) is 1. The van der Waals surface area contributed by atoms with Crippen molar-refractivity contribution < 1.29 is 9.90 Å². The molecule has 17 heavy (non-hydrogen) atoms. The van der Waals surface area contributed by atoms with Crippen LogP contribution in [0.5, 0.6) is 0 Å². The maximum atomic E-state index is 11.2. The molecule has 0 amide bonds. The lowest BCUT2D eigenvalue weighted by molar-refractivity contribution is -0.142. The minimum Gasteiger partial charge on any atom is -0.480 e. The molecule has 2 rings (SSSR count). The molecule has 0 saturated heterocycles. The van der Waals surface area contributed by atoms with Crippen LogP contribution in [-0.2, 0) is 4.79 Å². The Morgan fingerprint density at radius 1 is 1.53 bits per heavy atom. The minimum atomic E-state index is -1.01. The van der Waals surface area contributed by atoms with E-state index in [2.05, 4.69) is 9.97 Å². The molecule has 5 heteroatoms. The molecule has 5 nitrogen and oxygen atoms in total. The van der Waals surface area contributed by atoms with Gasteiger partial charge in [0.15, 0.2) is 0 Å². The lowest BCUT2D eigenvalue weighted by Gasteiger charge is -2.31. The molecular weight excluding hydrogens is 218 g/mol. The SMILES string of the molecule is CN(c1nccc(C2CC2)n1)C(C)(C)C(=O)O. The van der Waals surface area contributed by atoms with E-state index in [9.17, 15) is 4.79 Å². The highest BCUT2D eigenvalue weighted by molar-refractivity contribution is 5.81. The van der Waals surface area contributed by atoms with Crippen molar-refractivity contribution in [2.45, 2.75) is 38.1 Å². The predicted molar refractivity (Wildman–Crippen MR) is 64.1 cm³/mol. The van der Waals surface area contributed by atoms with E-state index in [-0.39, 0.29) is 0 Å². The van der Waals surface area contributed by atoms with Gasteiger partial charge in [-0.05, 0) is 32.8 Å². The van der Waals surface area contributed by atoms with Crippen LogP contribution in [0.25, 0.3) is 0 Å². The van der Waals surface area contributed by atoms with E-state index in [1.54, 1.807) is 32.0 Å². The molecule has 0 unspecified atom stereocenters. The van der Waals surface area contributed by atoms with E-state index in [4.69, 9.17) is 5.11 Å². The van der Waals surface area contributed by atoms with Crippen molar-refractivity contribution in [2.24, 2.45) is 0 Å². The Morgan fingerprint density at radius 2 is 2.18 bits per heavy atom. The van der Waals surface area contributed by atoms with E-state index in [0.717, 1.165) is 5.69 Å². The fourth-order valence-corrected chi connectivity index (χ4v) is 1.52. The molecule has 1 aliphatic rings. The lowest BCUT2D eigenvalue weighted by Crippen LogP contribution is -2.48. The lowest BCUT2D eigenvalue weighted by atomic mass is 10.1. The van der Waals surface area contributed by atoms with Gasteiger partial charge in [0, 0.05) is 24.9 Å². The maximum Gasteiger partial charge on any atom is 0.329 e. The fourth-order valence-electron chi connectivity index (χ4n) is 1.52. The summed E-state index contributed by atoms with van der Waals surface area (Å²) >= 11 is 0. The van der Waals surface area contributed by atoms with Gasteiger partial charge in [-0.2, -0.15) is 0 Å². The van der Waals surface area contributed by atoms with E-state index < -0.39 is 11.5 Å². The molecule has 0 aromatic carbocycles. The van der Waals surface area contributed by atoms with Crippen molar-refractivity contribution in [3.63, 3.8) is 0 Å². The van der Waals surface area contributed by atoms with Crippen LogP contribution in [0.2, 0.25) is 0 Å². The van der Waals surface area contributed by atoms with Crippen LogP contribution < -0.4 is 4.90 Å². The molecule has 92 valence electrons. The molecule has 1 N–H and O–H groups in total. The zero-order valence-electron chi connectivity index (χ0n) is 10.3. The predicted octanol–water partition coefficient (Wildman–Crippen LogP) is 1.65. The summed E-state index contributed by atoms with van der Waals surface area (Å²) in [4.78, 5) is 21.4. The van der Waals surface area contributed by atoms with Crippen LogP contribution in [0.15, 0.2) is 12.3 Å². The Labute approximate surface area is 100 Å². The quantitative estimate of drug-likeness (QED) is 0.859. The second kappa shape index (κ2) is 3.98. The van der Waals surface area contributed by atoms with Crippen LogP contribution >= 0.6 is 0 Å². The highest BCUT2D eigenvalue weighted by Crippen LogP contribution is 2.39. The molecule has 1 heterocycles. The number of aromatic nitrogens is 2. The third kappa shape index (κ3) is 2.23. The average Bonchev–Trinajstić information content (AvgIpc) is 3.11. The van der Waals surface area contributed by atoms with Gasteiger partial charge in [-0.25, -0.2) is 14.8 Å². The third-order valence-electron chi connectivity index (χ3n) is 3.32. The Kier molecular flexibility index (Phi) is 2.77. The summed E-state index contributed by atoms with van der Waals surface area (Å²) in [7, 11) is 1.71. The second-order valence-corrected chi connectivity index (χ2v) is 4.98. The largest absolute Gasteiger partial charge is 0.480 e.